The number of hydrogen-bond acceptors (Lipinski definition) is 3. The number of nitrogens with one attached hydrogen (secondary N) is 1. The van der Waals surface area contributed by atoms with E-state index in [1.807, 2.05) is 0 Å². The Kier molecular flexibility index (Phi) is 5.17. The topological polar surface area (TPSA) is 99.2 Å². The van der Waals surface area contributed by atoms with Crippen molar-refractivity contribution in [2.75, 3.05) is 0 Å². The molecular formula is C20H27F3N3O3-. The van der Waals surface area contributed by atoms with Crippen molar-refractivity contribution >= 4 is 5.97 Å². The van der Waals surface area contributed by atoms with Crippen molar-refractivity contribution in [2.45, 2.75) is 81.6 Å². The summed E-state index contributed by atoms with van der Waals surface area (Å²) >= 11 is 0. The average Bonchev–Trinajstić information content (AvgIpc) is 3.27. The predicted molar refractivity (Wildman–Crippen MR) is 98.3 cm³/mol. The highest BCUT2D eigenvalue weighted by atomic mass is 19.4. The monoisotopic (exact) mass is 414 g/mol. The zero-order valence-electron chi connectivity index (χ0n) is 16.2. The van der Waals surface area contributed by atoms with Gasteiger partial charge in [0.2, 0.25) is 0 Å². The molecule has 6 rings (SSSR count). The quantitative estimate of drug-likeness (QED) is 0.733. The van der Waals surface area contributed by atoms with Gasteiger partial charge < -0.3 is 15.9 Å². The molecule has 2 unspecified atom stereocenters. The van der Waals surface area contributed by atoms with E-state index in [1.165, 1.54) is 12.8 Å². The summed E-state index contributed by atoms with van der Waals surface area (Å²) in [6.45, 7) is 0. The Labute approximate surface area is 167 Å². The predicted octanol–water partition coefficient (Wildman–Crippen LogP) is 4.69. The molecule has 4 bridgehead atoms. The molecule has 5 aliphatic carbocycles. The van der Waals surface area contributed by atoms with Crippen molar-refractivity contribution in [3.8, 4) is 0 Å². The molecule has 6 nitrogen and oxygen atoms in total. The summed E-state index contributed by atoms with van der Waals surface area (Å²) in [5.41, 5.74) is 5.72. The standard InChI is InChI=1S/C10H11F3N2O2.C10H16NO/c11-10(12,13)8-7(9(16)17)5-14-15(8)6-3-1-2-4-6;11-9-7-1-6-2-8(9)5-10(12,3-6)4-7/h5-6H,1-4H2,(H,16,17);6-9,11-12H,1-5H2/q;-1. The fraction of sp³-hybridized carbons (Fsp3) is 0.800. The van der Waals surface area contributed by atoms with Crippen LogP contribution in [0.3, 0.4) is 0 Å². The maximum atomic E-state index is 12.8. The minimum Gasteiger partial charge on any atom is -0.674 e. The molecule has 1 aromatic heterocycles. The van der Waals surface area contributed by atoms with Crippen molar-refractivity contribution in [1.82, 2.24) is 9.78 Å². The van der Waals surface area contributed by atoms with Crippen molar-refractivity contribution in [1.29, 1.82) is 0 Å². The lowest BCUT2D eigenvalue weighted by molar-refractivity contribution is -0.145. The summed E-state index contributed by atoms with van der Waals surface area (Å²) in [4.78, 5) is 10.7. The van der Waals surface area contributed by atoms with Gasteiger partial charge >= 0.3 is 12.1 Å². The van der Waals surface area contributed by atoms with Gasteiger partial charge in [0, 0.05) is 0 Å². The minimum atomic E-state index is -4.69. The van der Waals surface area contributed by atoms with E-state index in [-0.39, 0.29) is 17.7 Å². The van der Waals surface area contributed by atoms with Gasteiger partial charge in [-0.05, 0) is 50.9 Å². The largest absolute Gasteiger partial charge is 0.674 e. The smallest absolute Gasteiger partial charge is 0.433 e. The Bertz CT molecular complexity index is 757. The van der Waals surface area contributed by atoms with Gasteiger partial charge in [0.15, 0.2) is 5.69 Å². The first kappa shape index (κ1) is 20.7. The molecule has 5 fully saturated rings. The average molecular weight is 414 g/mol. The molecule has 0 saturated heterocycles. The van der Waals surface area contributed by atoms with Gasteiger partial charge in [-0.1, -0.05) is 24.7 Å². The second-order valence-corrected chi connectivity index (χ2v) is 9.31. The molecule has 0 radical (unpaired) electrons. The summed E-state index contributed by atoms with van der Waals surface area (Å²) in [5, 5.41) is 22.5. The summed E-state index contributed by atoms with van der Waals surface area (Å²) in [6, 6.07) is -0.179. The molecule has 0 amide bonds. The second kappa shape index (κ2) is 7.27. The third kappa shape index (κ3) is 3.91. The summed E-state index contributed by atoms with van der Waals surface area (Å²) in [5.74, 6) is 0.221. The van der Waals surface area contributed by atoms with Gasteiger partial charge in [-0.25, -0.2) is 4.79 Å². The highest BCUT2D eigenvalue weighted by molar-refractivity contribution is 5.88. The van der Waals surface area contributed by atoms with Crippen LogP contribution in [0.2, 0.25) is 0 Å². The zero-order chi connectivity index (χ0) is 21.0. The number of carboxylic acids is 1. The number of alkyl halides is 3. The fourth-order valence-electron chi connectivity index (χ4n) is 6.21. The van der Waals surface area contributed by atoms with E-state index >= 15 is 0 Å². The third-order valence-corrected chi connectivity index (χ3v) is 7.21. The summed E-state index contributed by atoms with van der Waals surface area (Å²) < 4.78 is 39.3. The number of aliphatic hydroxyl groups is 1. The first-order valence-electron chi connectivity index (χ1n) is 10.4. The second-order valence-electron chi connectivity index (χ2n) is 9.31. The number of aromatic nitrogens is 2. The van der Waals surface area contributed by atoms with Gasteiger partial charge in [-0.15, -0.1) is 6.04 Å². The molecule has 9 heteroatoms. The van der Waals surface area contributed by atoms with Gasteiger partial charge in [0.1, 0.15) is 5.56 Å². The van der Waals surface area contributed by atoms with E-state index in [9.17, 15) is 23.1 Å². The van der Waals surface area contributed by atoms with Crippen LogP contribution in [-0.4, -0.2) is 37.6 Å². The Morgan fingerprint density at radius 2 is 1.76 bits per heavy atom. The highest BCUT2D eigenvalue weighted by Gasteiger charge is 2.51. The maximum Gasteiger partial charge on any atom is 0.433 e. The third-order valence-electron chi connectivity index (χ3n) is 7.21. The van der Waals surface area contributed by atoms with Crippen LogP contribution in [0.5, 0.6) is 0 Å². The molecule has 5 saturated carbocycles. The number of carboxylic acid groups (broad SMARTS) is 1. The van der Waals surface area contributed by atoms with Crippen LogP contribution < -0.4 is 0 Å². The summed E-state index contributed by atoms with van der Waals surface area (Å²) in [6.07, 6.45) is 4.37. The number of aromatic carboxylic acids is 1. The number of carbonyl (C=O) groups is 1. The van der Waals surface area contributed by atoms with Gasteiger partial charge in [0.05, 0.1) is 17.8 Å². The van der Waals surface area contributed by atoms with Crippen molar-refractivity contribution in [3.05, 3.63) is 23.2 Å². The number of nitrogens with zero attached hydrogens (tertiary/aromatic N) is 2. The molecule has 2 atom stereocenters. The molecule has 0 aromatic carbocycles. The minimum absolute atomic E-state index is 0.154. The normalized spacial score (nSPS) is 36.2. The van der Waals surface area contributed by atoms with E-state index in [0.29, 0.717) is 24.7 Å². The molecule has 5 aliphatic rings. The Hall–Kier alpha value is -1.61. The van der Waals surface area contributed by atoms with Crippen LogP contribution >= 0.6 is 0 Å². The molecule has 29 heavy (non-hydrogen) atoms. The van der Waals surface area contributed by atoms with E-state index < -0.39 is 23.4 Å². The van der Waals surface area contributed by atoms with Gasteiger partial charge in [0.25, 0.3) is 0 Å². The molecule has 162 valence electrons. The summed E-state index contributed by atoms with van der Waals surface area (Å²) in [7, 11) is 0. The SMILES string of the molecule is O=C(O)c1cnn(C2CCCC2)c1C(F)(F)F.[NH-]C1C2CC3CC1CC(O)(C3)C2. The lowest BCUT2D eigenvalue weighted by Gasteiger charge is -2.60. The molecule has 3 N–H and O–H groups in total. The molecular weight excluding hydrogens is 387 g/mol. The van der Waals surface area contributed by atoms with Gasteiger partial charge in [-0.3, -0.25) is 4.68 Å². The lowest BCUT2D eigenvalue weighted by atomic mass is 9.52. The zero-order valence-corrected chi connectivity index (χ0v) is 16.2. The Morgan fingerprint density at radius 3 is 2.24 bits per heavy atom. The first-order valence-corrected chi connectivity index (χ1v) is 10.4. The molecule has 0 aliphatic heterocycles. The fourth-order valence-corrected chi connectivity index (χ4v) is 6.21. The van der Waals surface area contributed by atoms with Crippen molar-refractivity contribution in [3.63, 3.8) is 0 Å². The Morgan fingerprint density at radius 1 is 1.17 bits per heavy atom. The van der Waals surface area contributed by atoms with Crippen molar-refractivity contribution < 1.29 is 28.2 Å². The van der Waals surface area contributed by atoms with Crippen LogP contribution in [0.15, 0.2) is 6.20 Å². The number of hydrogen-bond donors (Lipinski definition) is 2. The lowest BCUT2D eigenvalue weighted by Crippen LogP contribution is -2.55. The number of rotatable bonds is 2. The van der Waals surface area contributed by atoms with Crippen LogP contribution in [0.4, 0.5) is 13.2 Å². The molecule has 1 heterocycles. The van der Waals surface area contributed by atoms with Crippen molar-refractivity contribution in [2.24, 2.45) is 17.8 Å². The molecule has 0 spiro atoms. The van der Waals surface area contributed by atoms with Gasteiger partial charge in [-0.2, -0.15) is 18.3 Å². The highest BCUT2D eigenvalue weighted by Crippen LogP contribution is 2.56. The Balaban J connectivity index is 0.000000149. The maximum absolute atomic E-state index is 12.8. The molecule has 1 aromatic rings. The van der Waals surface area contributed by atoms with Crippen LogP contribution in [0.1, 0.15) is 79.9 Å². The first-order chi connectivity index (χ1) is 13.6. The van der Waals surface area contributed by atoms with Crippen LogP contribution in [-0.2, 0) is 6.18 Å². The number of halogens is 3. The van der Waals surface area contributed by atoms with Crippen LogP contribution in [0, 0.1) is 17.8 Å². The van der Waals surface area contributed by atoms with E-state index in [1.54, 1.807) is 0 Å². The van der Waals surface area contributed by atoms with E-state index in [4.69, 9.17) is 10.8 Å². The van der Waals surface area contributed by atoms with Crippen LogP contribution in [0.25, 0.3) is 5.73 Å². The van der Waals surface area contributed by atoms with E-state index in [0.717, 1.165) is 48.9 Å². The van der Waals surface area contributed by atoms with E-state index in [2.05, 4.69) is 5.10 Å².